The van der Waals surface area contributed by atoms with Crippen molar-refractivity contribution in [1.82, 2.24) is 4.31 Å². The van der Waals surface area contributed by atoms with Crippen molar-refractivity contribution in [2.45, 2.75) is 36.3 Å². The molecule has 2 atom stereocenters. The Bertz CT molecular complexity index is 593. The fraction of sp³-hybridized carbons (Fsp3) is 0.538. The smallest absolute Gasteiger partial charge is 0.246 e. The van der Waals surface area contributed by atoms with Gasteiger partial charge in [0.05, 0.1) is 12.1 Å². The Hall–Kier alpha value is -0.690. The van der Waals surface area contributed by atoms with E-state index < -0.39 is 15.8 Å². The van der Waals surface area contributed by atoms with E-state index in [9.17, 15) is 12.8 Å². The molecule has 0 aliphatic carbocycles. The summed E-state index contributed by atoms with van der Waals surface area (Å²) in [4.78, 5) is -0.326. The van der Waals surface area contributed by atoms with Gasteiger partial charge in [0.15, 0.2) is 0 Å². The molecule has 7 heteroatoms. The van der Waals surface area contributed by atoms with E-state index in [1.165, 1.54) is 23.5 Å². The lowest BCUT2D eigenvalue weighted by atomic mass is 10.2. The summed E-state index contributed by atoms with van der Waals surface area (Å²) in [5, 5.41) is 0. The van der Waals surface area contributed by atoms with Crippen molar-refractivity contribution in [3.8, 4) is 0 Å². The minimum absolute atomic E-state index is 0.139. The number of alkyl halides is 1. The Morgan fingerprint density at radius 2 is 2.20 bits per heavy atom. The number of hydrogen-bond donors (Lipinski definition) is 0. The molecule has 2 unspecified atom stereocenters. The molecule has 1 aromatic carbocycles. The van der Waals surface area contributed by atoms with Crippen LogP contribution in [0.5, 0.6) is 0 Å². The van der Waals surface area contributed by atoms with E-state index >= 15 is 0 Å². The van der Waals surface area contributed by atoms with Crippen LogP contribution in [0, 0.1) is 5.82 Å². The van der Waals surface area contributed by atoms with Gasteiger partial charge in [-0.15, -0.1) is 11.6 Å². The summed E-state index contributed by atoms with van der Waals surface area (Å²) in [6, 6.07) is 3.67. The second kappa shape index (κ2) is 5.97. The fourth-order valence-electron chi connectivity index (χ4n) is 2.37. The summed E-state index contributed by atoms with van der Waals surface area (Å²) >= 11 is 5.61. The third-order valence-corrected chi connectivity index (χ3v) is 5.84. The normalized spacial score (nSPS) is 23.4. The molecule has 0 spiro atoms. The van der Waals surface area contributed by atoms with Crippen molar-refractivity contribution in [1.29, 1.82) is 0 Å². The maximum absolute atomic E-state index is 14.0. The maximum Gasteiger partial charge on any atom is 0.246 e. The van der Waals surface area contributed by atoms with Gasteiger partial charge in [0.25, 0.3) is 0 Å². The molecule has 0 amide bonds. The predicted octanol–water partition coefficient (Wildman–Crippen LogP) is 2.36. The summed E-state index contributed by atoms with van der Waals surface area (Å²) in [7, 11) is -2.42. The zero-order chi connectivity index (χ0) is 14.9. The number of likely N-dealkylation sites (N-methyl/N-ethyl adjacent to an activating group) is 1. The summed E-state index contributed by atoms with van der Waals surface area (Å²) < 4.78 is 45.5. The molecular weight excluding hydrogens is 305 g/mol. The van der Waals surface area contributed by atoms with Crippen molar-refractivity contribution in [3.05, 3.63) is 29.6 Å². The van der Waals surface area contributed by atoms with E-state index in [2.05, 4.69) is 0 Å². The van der Waals surface area contributed by atoms with Gasteiger partial charge in [-0.05, 0) is 31.0 Å². The maximum atomic E-state index is 14.0. The molecule has 1 fully saturated rings. The van der Waals surface area contributed by atoms with E-state index in [4.69, 9.17) is 16.3 Å². The van der Waals surface area contributed by atoms with Gasteiger partial charge in [0.1, 0.15) is 10.7 Å². The van der Waals surface area contributed by atoms with Crippen LogP contribution < -0.4 is 0 Å². The Morgan fingerprint density at radius 1 is 1.50 bits per heavy atom. The first-order valence-corrected chi connectivity index (χ1v) is 8.29. The number of halogens is 2. The topological polar surface area (TPSA) is 46.6 Å². The summed E-state index contributed by atoms with van der Waals surface area (Å²) in [5.74, 6) is -0.637. The third kappa shape index (κ3) is 2.83. The molecule has 0 N–H and O–H groups in total. The zero-order valence-electron chi connectivity index (χ0n) is 11.3. The van der Waals surface area contributed by atoms with E-state index in [1.54, 1.807) is 0 Å². The molecule has 1 aromatic rings. The second-order valence-electron chi connectivity index (χ2n) is 4.85. The van der Waals surface area contributed by atoms with Crippen LogP contribution in [0.25, 0.3) is 0 Å². The molecule has 1 saturated heterocycles. The van der Waals surface area contributed by atoms with Gasteiger partial charge < -0.3 is 4.74 Å². The zero-order valence-corrected chi connectivity index (χ0v) is 12.9. The van der Waals surface area contributed by atoms with Crippen molar-refractivity contribution < 1.29 is 17.5 Å². The lowest BCUT2D eigenvalue weighted by molar-refractivity contribution is 0.102. The van der Waals surface area contributed by atoms with Gasteiger partial charge >= 0.3 is 0 Å². The molecule has 4 nitrogen and oxygen atoms in total. The number of benzene rings is 1. The Morgan fingerprint density at radius 3 is 2.70 bits per heavy atom. The molecule has 0 radical (unpaired) electrons. The lowest BCUT2D eigenvalue weighted by Crippen LogP contribution is -2.41. The van der Waals surface area contributed by atoms with Crippen LogP contribution in [0.15, 0.2) is 23.1 Å². The van der Waals surface area contributed by atoms with Crippen LogP contribution in [-0.4, -0.2) is 38.5 Å². The van der Waals surface area contributed by atoms with Crippen LogP contribution in [-0.2, 0) is 20.6 Å². The number of ether oxygens (including phenoxy) is 1. The molecule has 1 aliphatic rings. The van der Waals surface area contributed by atoms with Crippen LogP contribution in [0.2, 0.25) is 0 Å². The molecule has 20 heavy (non-hydrogen) atoms. The van der Waals surface area contributed by atoms with Gasteiger partial charge in [-0.3, -0.25) is 0 Å². The molecule has 1 aliphatic heterocycles. The van der Waals surface area contributed by atoms with Crippen molar-refractivity contribution >= 4 is 21.6 Å². The number of nitrogens with zero attached hydrogens (tertiary/aromatic N) is 1. The molecule has 0 bridgehead atoms. The molecule has 1 heterocycles. The number of hydrogen-bond acceptors (Lipinski definition) is 3. The van der Waals surface area contributed by atoms with E-state index in [0.717, 1.165) is 6.07 Å². The lowest BCUT2D eigenvalue weighted by Gasteiger charge is -2.26. The van der Waals surface area contributed by atoms with Crippen LogP contribution in [0.3, 0.4) is 0 Å². The number of sulfonamides is 1. The van der Waals surface area contributed by atoms with Crippen molar-refractivity contribution in [2.75, 3.05) is 13.7 Å². The highest BCUT2D eigenvalue weighted by molar-refractivity contribution is 7.89. The van der Waals surface area contributed by atoms with E-state index in [1.807, 2.05) is 6.92 Å². The standard InChI is InChI=1S/C13H17ClFNO3S/c1-9-12(5-6-19-9)16(2)20(17,18)13-4-3-10(8-14)7-11(13)15/h3-4,7,9,12H,5-6,8H2,1-2H3. The highest BCUT2D eigenvalue weighted by Gasteiger charge is 2.36. The van der Waals surface area contributed by atoms with E-state index in [0.29, 0.717) is 18.6 Å². The van der Waals surface area contributed by atoms with Crippen molar-refractivity contribution in [3.63, 3.8) is 0 Å². The van der Waals surface area contributed by atoms with Crippen molar-refractivity contribution in [2.24, 2.45) is 0 Å². The quantitative estimate of drug-likeness (QED) is 0.800. The summed E-state index contributed by atoms with van der Waals surface area (Å²) in [5.41, 5.74) is 0.545. The summed E-state index contributed by atoms with van der Waals surface area (Å²) in [6.45, 7) is 2.33. The van der Waals surface area contributed by atoms with Gasteiger partial charge in [0, 0.05) is 19.5 Å². The largest absolute Gasteiger partial charge is 0.377 e. The monoisotopic (exact) mass is 321 g/mol. The summed E-state index contributed by atoms with van der Waals surface area (Å²) in [6.07, 6.45) is 0.415. The van der Waals surface area contributed by atoms with Crippen LogP contribution >= 0.6 is 11.6 Å². The Balaban J connectivity index is 2.34. The molecule has 2 rings (SSSR count). The highest BCUT2D eigenvalue weighted by atomic mass is 35.5. The van der Waals surface area contributed by atoms with E-state index in [-0.39, 0.29) is 22.9 Å². The second-order valence-corrected chi connectivity index (χ2v) is 7.08. The fourth-order valence-corrected chi connectivity index (χ4v) is 4.02. The minimum Gasteiger partial charge on any atom is -0.377 e. The molecular formula is C13H17ClFNO3S. The third-order valence-electron chi connectivity index (χ3n) is 3.61. The molecule has 0 saturated carbocycles. The van der Waals surface area contributed by atoms with Gasteiger partial charge in [-0.25, -0.2) is 12.8 Å². The average molecular weight is 322 g/mol. The minimum atomic E-state index is -3.88. The molecule has 0 aromatic heterocycles. The first-order chi connectivity index (χ1) is 9.37. The predicted molar refractivity (Wildman–Crippen MR) is 74.7 cm³/mol. The van der Waals surface area contributed by atoms with Gasteiger partial charge in [0.2, 0.25) is 10.0 Å². The average Bonchev–Trinajstić information content (AvgIpc) is 2.83. The SMILES string of the molecule is CC1OCCC1N(C)S(=O)(=O)c1ccc(CCl)cc1F. The molecule has 112 valence electrons. The Labute approximate surface area is 123 Å². The van der Waals surface area contributed by atoms with Crippen LogP contribution in [0.1, 0.15) is 18.9 Å². The van der Waals surface area contributed by atoms with Gasteiger partial charge in [-0.1, -0.05) is 6.07 Å². The van der Waals surface area contributed by atoms with Gasteiger partial charge in [-0.2, -0.15) is 4.31 Å². The Kier molecular flexibility index (Phi) is 4.69. The highest BCUT2D eigenvalue weighted by Crippen LogP contribution is 2.26. The number of rotatable bonds is 4. The van der Waals surface area contributed by atoms with Crippen LogP contribution in [0.4, 0.5) is 4.39 Å². The first kappa shape index (κ1) is 15.7. The first-order valence-electron chi connectivity index (χ1n) is 6.32.